The molecule has 1 fully saturated rings. The summed E-state index contributed by atoms with van der Waals surface area (Å²) in [6.45, 7) is 0. The molecule has 2 rings (SSSR count). The van der Waals surface area contributed by atoms with E-state index in [9.17, 15) is 4.79 Å². The van der Waals surface area contributed by atoms with Gasteiger partial charge in [0.1, 0.15) is 5.75 Å². The molecule has 0 spiro atoms. The van der Waals surface area contributed by atoms with Gasteiger partial charge in [-0.1, -0.05) is 18.2 Å². The Hall–Kier alpha value is -1.57. The van der Waals surface area contributed by atoms with Gasteiger partial charge in [-0.25, -0.2) is 0 Å². The highest BCUT2D eigenvalue weighted by Gasteiger charge is 2.27. The van der Waals surface area contributed by atoms with Gasteiger partial charge in [-0.05, 0) is 36.6 Å². The van der Waals surface area contributed by atoms with Gasteiger partial charge in [-0.3, -0.25) is 4.79 Å². The van der Waals surface area contributed by atoms with Crippen molar-refractivity contribution in [2.75, 3.05) is 7.11 Å². The number of methoxy groups -OCH3 is 1. The first-order valence-electron chi connectivity index (χ1n) is 5.15. The highest BCUT2D eigenvalue weighted by Crippen LogP contribution is 2.30. The molecule has 1 aliphatic carbocycles. The van der Waals surface area contributed by atoms with Gasteiger partial charge in [0, 0.05) is 5.92 Å². The maximum Gasteiger partial charge on any atom is 0.158 e. The molecule has 1 aromatic rings. The van der Waals surface area contributed by atoms with E-state index in [-0.39, 0.29) is 5.78 Å². The molecule has 0 heterocycles. The van der Waals surface area contributed by atoms with E-state index >= 15 is 0 Å². The lowest BCUT2D eigenvalue weighted by molar-refractivity contribution is -0.115. The molecule has 0 N–H and O–H groups in total. The molecule has 2 heteroatoms. The number of carbonyl (C=O) groups is 1. The first-order valence-corrected chi connectivity index (χ1v) is 5.15. The monoisotopic (exact) mass is 202 g/mol. The zero-order valence-electron chi connectivity index (χ0n) is 8.77. The second-order valence-corrected chi connectivity index (χ2v) is 3.78. The highest BCUT2D eigenvalue weighted by molar-refractivity contribution is 5.96. The van der Waals surface area contributed by atoms with Gasteiger partial charge in [0.05, 0.1) is 7.11 Å². The van der Waals surface area contributed by atoms with E-state index in [2.05, 4.69) is 0 Å². The Balaban J connectivity index is 2.00. The van der Waals surface area contributed by atoms with Crippen LogP contribution >= 0.6 is 0 Å². The first kappa shape index (κ1) is 9.97. The number of rotatable bonds is 4. The predicted molar refractivity (Wildman–Crippen MR) is 59.8 cm³/mol. The fraction of sp³-hybridized carbons (Fsp3) is 0.308. The normalized spacial score (nSPS) is 15.5. The Morgan fingerprint density at radius 2 is 2.00 bits per heavy atom. The quantitative estimate of drug-likeness (QED) is 0.702. The Bertz CT molecular complexity index is 372. The van der Waals surface area contributed by atoms with Crippen LogP contribution in [0.15, 0.2) is 30.3 Å². The maximum atomic E-state index is 11.4. The Labute approximate surface area is 89.6 Å². The van der Waals surface area contributed by atoms with Crippen molar-refractivity contribution in [3.63, 3.8) is 0 Å². The lowest BCUT2D eigenvalue weighted by atomic mass is 10.1. The summed E-state index contributed by atoms with van der Waals surface area (Å²) in [5.74, 6) is 1.39. The summed E-state index contributed by atoms with van der Waals surface area (Å²) < 4.78 is 5.05. The SMILES string of the molecule is COc1ccc(/C=C\C(=O)C2CC2)cc1. The topological polar surface area (TPSA) is 26.3 Å². The van der Waals surface area contributed by atoms with Crippen LogP contribution in [0.25, 0.3) is 6.08 Å². The summed E-state index contributed by atoms with van der Waals surface area (Å²) in [5.41, 5.74) is 1.03. The van der Waals surface area contributed by atoms with Gasteiger partial charge in [0.15, 0.2) is 5.78 Å². The van der Waals surface area contributed by atoms with Gasteiger partial charge in [0.2, 0.25) is 0 Å². The molecule has 0 saturated heterocycles. The van der Waals surface area contributed by atoms with Crippen molar-refractivity contribution in [1.29, 1.82) is 0 Å². The molecular weight excluding hydrogens is 188 g/mol. The average Bonchev–Trinajstić information content (AvgIpc) is 3.10. The smallest absolute Gasteiger partial charge is 0.158 e. The largest absolute Gasteiger partial charge is 0.497 e. The molecule has 0 unspecified atom stereocenters. The second-order valence-electron chi connectivity index (χ2n) is 3.78. The van der Waals surface area contributed by atoms with E-state index in [1.807, 2.05) is 30.3 Å². The van der Waals surface area contributed by atoms with Crippen LogP contribution in [0, 0.1) is 5.92 Å². The van der Waals surface area contributed by atoms with E-state index in [4.69, 9.17) is 4.74 Å². The summed E-state index contributed by atoms with van der Waals surface area (Å²) in [7, 11) is 1.64. The van der Waals surface area contributed by atoms with Crippen molar-refractivity contribution in [1.82, 2.24) is 0 Å². The summed E-state index contributed by atoms with van der Waals surface area (Å²) in [4.78, 5) is 11.4. The van der Waals surface area contributed by atoms with E-state index in [0.29, 0.717) is 5.92 Å². The molecule has 0 amide bonds. The third-order valence-electron chi connectivity index (χ3n) is 2.54. The van der Waals surface area contributed by atoms with E-state index in [1.54, 1.807) is 13.2 Å². The van der Waals surface area contributed by atoms with Crippen LogP contribution in [0.3, 0.4) is 0 Å². The zero-order valence-corrected chi connectivity index (χ0v) is 8.77. The molecular formula is C13H14O2. The number of hydrogen-bond donors (Lipinski definition) is 0. The molecule has 15 heavy (non-hydrogen) atoms. The molecule has 0 radical (unpaired) electrons. The van der Waals surface area contributed by atoms with E-state index in [0.717, 1.165) is 24.2 Å². The maximum absolute atomic E-state index is 11.4. The first-order chi connectivity index (χ1) is 7.29. The standard InChI is InChI=1S/C13H14O2/c1-15-12-7-2-10(3-8-12)4-9-13(14)11-5-6-11/h2-4,7-9,11H,5-6H2,1H3/b9-4-. The number of benzene rings is 1. The van der Waals surface area contributed by atoms with Crippen molar-refractivity contribution in [2.45, 2.75) is 12.8 Å². The van der Waals surface area contributed by atoms with Gasteiger partial charge in [0.25, 0.3) is 0 Å². The fourth-order valence-electron chi connectivity index (χ4n) is 1.40. The molecule has 1 aliphatic rings. The third kappa shape index (κ3) is 2.69. The van der Waals surface area contributed by atoms with Crippen LogP contribution in [-0.4, -0.2) is 12.9 Å². The summed E-state index contributed by atoms with van der Waals surface area (Å²) >= 11 is 0. The second kappa shape index (κ2) is 4.30. The lowest BCUT2D eigenvalue weighted by Gasteiger charge is -1.98. The summed E-state index contributed by atoms with van der Waals surface area (Å²) in [6, 6.07) is 7.66. The minimum absolute atomic E-state index is 0.255. The lowest BCUT2D eigenvalue weighted by Crippen LogP contribution is -1.93. The Kier molecular flexibility index (Phi) is 2.86. The molecule has 1 saturated carbocycles. The molecule has 1 aromatic carbocycles. The Morgan fingerprint density at radius 1 is 1.33 bits per heavy atom. The van der Waals surface area contributed by atoms with Crippen molar-refractivity contribution in [3.05, 3.63) is 35.9 Å². The van der Waals surface area contributed by atoms with Crippen LogP contribution in [0.1, 0.15) is 18.4 Å². The fourth-order valence-corrected chi connectivity index (χ4v) is 1.40. The zero-order chi connectivity index (χ0) is 10.7. The van der Waals surface area contributed by atoms with Crippen molar-refractivity contribution < 1.29 is 9.53 Å². The summed E-state index contributed by atoms with van der Waals surface area (Å²) in [6.07, 6.45) is 5.66. The van der Waals surface area contributed by atoms with Crippen molar-refractivity contribution in [2.24, 2.45) is 5.92 Å². The van der Waals surface area contributed by atoms with Crippen molar-refractivity contribution >= 4 is 11.9 Å². The molecule has 78 valence electrons. The molecule has 0 aromatic heterocycles. The Morgan fingerprint density at radius 3 is 2.53 bits per heavy atom. The van der Waals surface area contributed by atoms with Gasteiger partial charge in [-0.15, -0.1) is 0 Å². The molecule has 0 bridgehead atoms. The minimum Gasteiger partial charge on any atom is -0.497 e. The van der Waals surface area contributed by atoms with Crippen LogP contribution in [0.4, 0.5) is 0 Å². The van der Waals surface area contributed by atoms with Gasteiger partial charge >= 0.3 is 0 Å². The minimum atomic E-state index is 0.255. The van der Waals surface area contributed by atoms with Crippen LogP contribution in [0.2, 0.25) is 0 Å². The van der Waals surface area contributed by atoms with E-state index in [1.165, 1.54) is 0 Å². The number of hydrogen-bond acceptors (Lipinski definition) is 2. The number of ether oxygens (including phenoxy) is 1. The third-order valence-corrected chi connectivity index (χ3v) is 2.54. The molecule has 2 nitrogen and oxygen atoms in total. The number of allylic oxidation sites excluding steroid dienone is 1. The summed E-state index contributed by atoms with van der Waals surface area (Å²) in [5, 5.41) is 0. The molecule has 0 atom stereocenters. The van der Waals surface area contributed by atoms with Crippen LogP contribution in [-0.2, 0) is 4.79 Å². The van der Waals surface area contributed by atoms with Crippen LogP contribution in [0.5, 0.6) is 5.75 Å². The number of ketones is 1. The number of carbonyl (C=O) groups excluding carboxylic acids is 1. The van der Waals surface area contributed by atoms with Crippen LogP contribution < -0.4 is 4.74 Å². The van der Waals surface area contributed by atoms with E-state index < -0.39 is 0 Å². The average molecular weight is 202 g/mol. The van der Waals surface area contributed by atoms with Gasteiger partial charge in [-0.2, -0.15) is 0 Å². The van der Waals surface area contributed by atoms with Gasteiger partial charge < -0.3 is 4.74 Å². The van der Waals surface area contributed by atoms with Crippen molar-refractivity contribution in [3.8, 4) is 5.75 Å². The predicted octanol–water partition coefficient (Wildman–Crippen LogP) is 2.69. The highest BCUT2D eigenvalue weighted by atomic mass is 16.5. The molecule has 0 aliphatic heterocycles.